The van der Waals surface area contributed by atoms with Crippen molar-refractivity contribution in [3.8, 4) is 5.69 Å². The van der Waals surface area contributed by atoms with Crippen LogP contribution in [0.25, 0.3) is 5.69 Å². The van der Waals surface area contributed by atoms with Crippen molar-refractivity contribution in [2.75, 3.05) is 25.0 Å². The second-order valence-electron chi connectivity index (χ2n) is 7.59. The Bertz CT molecular complexity index is 1000. The van der Waals surface area contributed by atoms with Crippen molar-refractivity contribution >= 4 is 35.6 Å². The Morgan fingerprint density at radius 1 is 1.23 bits per heavy atom. The molecule has 0 saturated carbocycles. The van der Waals surface area contributed by atoms with Crippen LogP contribution in [0.1, 0.15) is 17.5 Å². The van der Waals surface area contributed by atoms with Gasteiger partial charge in [0.15, 0.2) is 5.96 Å². The van der Waals surface area contributed by atoms with E-state index < -0.39 is 0 Å². The third-order valence-electron chi connectivity index (χ3n) is 5.41. The van der Waals surface area contributed by atoms with Gasteiger partial charge in [-0.05, 0) is 43.2 Å². The van der Waals surface area contributed by atoms with Gasteiger partial charge in [0.25, 0.3) is 0 Å². The van der Waals surface area contributed by atoms with Crippen LogP contribution in [0.3, 0.4) is 0 Å². The lowest BCUT2D eigenvalue weighted by Gasteiger charge is -2.20. The standard InChI is InChI=1S/C23H27FN6.HI/c1-17-3-6-20(7-4-17)29-11-9-19(15-29)28-23(25-2)27-14-18-5-8-22(21(24)13-18)30-12-10-26-16-30;/h3-8,10,12-13,16,19H,9,11,14-15H2,1-2H3,(H2,25,27,28);1H. The fourth-order valence-corrected chi connectivity index (χ4v) is 3.71. The predicted molar refractivity (Wildman–Crippen MR) is 134 cm³/mol. The van der Waals surface area contributed by atoms with Gasteiger partial charge < -0.3 is 20.1 Å². The number of aromatic nitrogens is 2. The average molecular weight is 534 g/mol. The van der Waals surface area contributed by atoms with Crippen LogP contribution in [0.4, 0.5) is 10.1 Å². The number of benzene rings is 2. The number of rotatable bonds is 5. The molecular formula is C23H28FIN6. The molecule has 8 heteroatoms. The Morgan fingerprint density at radius 2 is 2.03 bits per heavy atom. The predicted octanol–water partition coefficient (Wildman–Crippen LogP) is 3.88. The molecule has 2 N–H and O–H groups in total. The summed E-state index contributed by atoms with van der Waals surface area (Å²) in [5.74, 6) is 0.449. The minimum absolute atomic E-state index is 0. The van der Waals surface area contributed by atoms with Gasteiger partial charge in [0, 0.05) is 50.8 Å². The normalized spacial score (nSPS) is 16.2. The molecule has 3 aromatic rings. The van der Waals surface area contributed by atoms with Crippen LogP contribution in [-0.2, 0) is 6.54 Å². The molecule has 1 aliphatic heterocycles. The summed E-state index contributed by atoms with van der Waals surface area (Å²) in [7, 11) is 1.75. The summed E-state index contributed by atoms with van der Waals surface area (Å²) in [5.41, 5.74) is 3.86. The van der Waals surface area contributed by atoms with E-state index in [4.69, 9.17) is 0 Å². The summed E-state index contributed by atoms with van der Waals surface area (Å²) in [6.45, 7) is 4.54. The topological polar surface area (TPSA) is 57.5 Å². The Morgan fingerprint density at radius 3 is 2.71 bits per heavy atom. The summed E-state index contributed by atoms with van der Waals surface area (Å²) < 4.78 is 16.1. The SMILES string of the molecule is CN=C(NCc1ccc(-n2ccnc2)c(F)c1)NC1CCN(c2ccc(C)cc2)C1.I. The summed E-state index contributed by atoms with van der Waals surface area (Å²) in [5, 5.41) is 6.78. The Balaban J connectivity index is 0.00000272. The lowest BCUT2D eigenvalue weighted by atomic mass is 10.2. The van der Waals surface area contributed by atoms with E-state index in [0.717, 1.165) is 31.0 Å². The average Bonchev–Trinajstić information content (AvgIpc) is 3.44. The second-order valence-corrected chi connectivity index (χ2v) is 7.59. The fourth-order valence-electron chi connectivity index (χ4n) is 3.71. The molecule has 2 aromatic carbocycles. The van der Waals surface area contributed by atoms with E-state index >= 15 is 0 Å². The number of anilines is 1. The molecule has 1 aromatic heterocycles. The summed E-state index contributed by atoms with van der Waals surface area (Å²) in [4.78, 5) is 10.7. The van der Waals surface area contributed by atoms with Crippen molar-refractivity contribution in [3.05, 3.63) is 78.1 Å². The van der Waals surface area contributed by atoms with Gasteiger partial charge in [-0.1, -0.05) is 23.8 Å². The van der Waals surface area contributed by atoms with Crippen LogP contribution >= 0.6 is 24.0 Å². The smallest absolute Gasteiger partial charge is 0.191 e. The maximum atomic E-state index is 14.4. The lowest BCUT2D eigenvalue weighted by molar-refractivity contribution is 0.613. The molecule has 0 amide bonds. The van der Waals surface area contributed by atoms with Gasteiger partial charge in [-0.15, -0.1) is 24.0 Å². The van der Waals surface area contributed by atoms with Crippen molar-refractivity contribution in [2.24, 2.45) is 4.99 Å². The molecule has 2 heterocycles. The highest BCUT2D eigenvalue weighted by Gasteiger charge is 2.23. The first-order chi connectivity index (χ1) is 14.6. The highest BCUT2D eigenvalue weighted by atomic mass is 127. The number of imidazole rings is 1. The molecule has 1 saturated heterocycles. The summed E-state index contributed by atoms with van der Waals surface area (Å²) in [6, 6.07) is 14.2. The highest BCUT2D eigenvalue weighted by Crippen LogP contribution is 2.21. The molecular weight excluding hydrogens is 506 g/mol. The zero-order chi connectivity index (χ0) is 20.9. The van der Waals surface area contributed by atoms with Crippen LogP contribution < -0.4 is 15.5 Å². The van der Waals surface area contributed by atoms with Crippen LogP contribution in [0.5, 0.6) is 0 Å². The summed E-state index contributed by atoms with van der Waals surface area (Å²) >= 11 is 0. The molecule has 1 atom stereocenters. The number of hydrogen-bond acceptors (Lipinski definition) is 3. The highest BCUT2D eigenvalue weighted by molar-refractivity contribution is 14.0. The maximum Gasteiger partial charge on any atom is 0.191 e. The van der Waals surface area contributed by atoms with E-state index in [1.807, 2.05) is 6.07 Å². The third kappa shape index (κ3) is 5.75. The molecule has 1 fully saturated rings. The molecule has 0 bridgehead atoms. The van der Waals surface area contributed by atoms with E-state index in [1.165, 1.54) is 11.3 Å². The second kappa shape index (κ2) is 10.6. The Kier molecular flexibility index (Phi) is 7.89. The molecule has 4 rings (SSSR count). The van der Waals surface area contributed by atoms with Gasteiger partial charge in [-0.3, -0.25) is 4.99 Å². The molecule has 1 unspecified atom stereocenters. The van der Waals surface area contributed by atoms with Crippen LogP contribution in [0.15, 0.2) is 66.2 Å². The van der Waals surface area contributed by atoms with Gasteiger partial charge in [0.2, 0.25) is 0 Å². The molecule has 0 aliphatic carbocycles. The molecule has 164 valence electrons. The summed E-state index contributed by atoms with van der Waals surface area (Å²) in [6.07, 6.45) is 5.99. The van der Waals surface area contributed by atoms with E-state index in [2.05, 4.69) is 56.7 Å². The van der Waals surface area contributed by atoms with Gasteiger partial charge in [-0.25, -0.2) is 9.37 Å². The van der Waals surface area contributed by atoms with Crippen LogP contribution in [-0.4, -0.2) is 41.7 Å². The van der Waals surface area contributed by atoms with E-state index in [9.17, 15) is 4.39 Å². The molecule has 6 nitrogen and oxygen atoms in total. The molecule has 31 heavy (non-hydrogen) atoms. The van der Waals surface area contributed by atoms with Crippen molar-refractivity contribution in [3.63, 3.8) is 0 Å². The first kappa shape index (κ1) is 23.1. The van der Waals surface area contributed by atoms with Crippen LogP contribution in [0, 0.1) is 12.7 Å². The van der Waals surface area contributed by atoms with Crippen molar-refractivity contribution in [1.82, 2.24) is 20.2 Å². The molecule has 1 aliphatic rings. The van der Waals surface area contributed by atoms with Crippen molar-refractivity contribution in [2.45, 2.75) is 25.9 Å². The zero-order valence-electron chi connectivity index (χ0n) is 17.8. The minimum Gasteiger partial charge on any atom is -0.369 e. The lowest BCUT2D eigenvalue weighted by Crippen LogP contribution is -2.44. The largest absolute Gasteiger partial charge is 0.369 e. The number of halogens is 2. The number of guanidine groups is 1. The monoisotopic (exact) mass is 534 g/mol. The third-order valence-corrected chi connectivity index (χ3v) is 5.41. The fraction of sp³-hybridized carbons (Fsp3) is 0.304. The van der Waals surface area contributed by atoms with Crippen LogP contribution in [0.2, 0.25) is 0 Å². The van der Waals surface area contributed by atoms with Crippen molar-refractivity contribution in [1.29, 1.82) is 0 Å². The van der Waals surface area contributed by atoms with Gasteiger partial charge in [0.05, 0.1) is 12.0 Å². The first-order valence-corrected chi connectivity index (χ1v) is 10.2. The van der Waals surface area contributed by atoms with Crippen molar-refractivity contribution < 1.29 is 4.39 Å². The van der Waals surface area contributed by atoms with E-state index in [0.29, 0.717) is 18.3 Å². The van der Waals surface area contributed by atoms with E-state index in [-0.39, 0.29) is 29.8 Å². The first-order valence-electron chi connectivity index (χ1n) is 10.2. The zero-order valence-corrected chi connectivity index (χ0v) is 20.1. The van der Waals surface area contributed by atoms with Gasteiger partial charge in [0.1, 0.15) is 5.82 Å². The number of hydrogen-bond donors (Lipinski definition) is 2. The number of aryl methyl sites for hydroxylation is 1. The minimum atomic E-state index is -0.278. The molecule has 0 spiro atoms. The Hall–Kier alpha value is -2.62. The number of aliphatic imine (C=N–C) groups is 1. The van der Waals surface area contributed by atoms with Gasteiger partial charge >= 0.3 is 0 Å². The maximum absolute atomic E-state index is 14.4. The number of nitrogens with zero attached hydrogens (tertiary/aromatic N) is 4. The van der Waals surface area contributed by atoms with Gasteiger partial charge in [-0.2, -0.15) is 0 Å². The number of nitrogens with one attached hydrogen (secondary N) is 2. The van der Waals surface area contributed by atoms with E-state index in [1.54, 1.807) is 42.5 Å². The molecule has 0 radical (unpaired) electrons. The quantitative estimate of drug-likeness (QED) is 0.297. The Labute approximate surface area is 199 Å².